The van der Waals surface area contributed by atoms with E-state index in [2.05, 4.69) is 15.4 Å². The highest BCUT2D eigenvalue weighted by Crippen LogP contribution is 2.21. The van der Waals surface area contributed by atoms with Crippen molar-refractivity contribution >= 4 is 23.5 Å². The maximum atomic E-state index is 12.2. The van der Waals surface area contributed by atoms with Crippen molar-refractivity contribution < 1.29 is 9.53 Å². The number of anilines is 1. The van der Waals surface area contributed by atoms with E-state index in [0.29, 0.717) is 29.8 Å². The monoisotopic (exact) mass is 370 g/mol. The average molecular weight is 371 g/mol. The number of ether oxygens (including phenoxy) is 1. The van der Waals surface area contributed by atoms with Crippen molar-refractivity contribution in [2.45, 2.75) is 19.9 Å². The number of halogens is 1. The van der Waals surface area contributed by atoms with Gasteiger partial charge in [0, 0.05) is 23.6 Å². The summed E-state index contributed by atoms with van der Waals surface area (Å²) < 4.78 is 6.47. The highest BCUT2D eigenvalue weighted by atomic mass is 35.5. The average Bonchev–Trinajstić information content (AvgIpc) is 3.11. The molecule has 1 aromatic heterocycles. The van der Waals surface area contributed by atoms with Crippen molar-refractivity contribution in [3.63, 3.8) is 0 Å². The van der Waals surface area contributed by atoms with Gasteiger partial charge in [0.2, 0.25) is 11.9 Å². The molecule has 26 heavy (non-hydrogen) atoms. The summed E-state index contributed by atoms with van der Waals surface area (Å²) in [6.07, 6.45) is 0.334. The van der Waals surface area contributed by atoms with Crippen LogP contribution in [0.1, 0.15) is 23.7 Å². The molecule has 134 valence electrons. The molecule has 0 fully saturated rings. The second-order valence-corrected chi connectivity index (χ2v) is 6.06. The molecule has 0 spiro atoms. The van der Waals surface area contributed by atoms with Gasteiger partial charge in [-0.05, 0) is 42.0 Å². The molecule has 0 bridgehead atoms. The van der Waals surface area contributed by atoms with Gasteiger partial charge in [0.25, 0.3) is 0 Å². The van der Waals surface area contributed by atoms with Gasteiger partial charge >= 0.3 is 0 Å². The summed E-state index contributed by atoms with van der Waals surface area (Å²) in [5.41, 5.74) is 1.84. The van der Waals surface area contributed by atoms with Gasteiger partial charge in [-0.25, -0.2) is 0 Å². The largest absolute Gasteiger partial charge is 0.497 e. The Labute approximate surface area is 156 Å². The molecule has 0 aliphatic carbocycles. The zero-order chi connectivity index (χ0) is 18.5. The number of benzene rings is 2. The second-order valence-electron chi connectivity index (χ2n) is 5.63. The molecular formula is C19H19ClN4O2. The van der Waals surface area contributed by atoms with Gasteiger partial charge in [0.1, 0.15) is 5.75 Å². The highest BCUT2D eigenvalue weighted by Gasteiger charge is 2.16. The van der Waals surface area contributed by atoms with Gasteiger partial charge in [0.15, 0.2) is 5.82 Å². The molecule has 2 aromatic carbocycles. The molecule has 0 atom stereocenters. The van der Waals surface area contributed by atoms with E-state index in [0.717, 1.165) is 16.9 Å². The molecule has 0 unspecified atom stereocenters. The van der Waals surface area contributed by atoms with Crippen LogP contribution in [0.4, 0.5) is 5.95 Å². The van der Waals surface area contributed by atoms with E-state index >= 15 is 0 Å². The Balaban J connectivity index is 1.84. The Kier molecular flexibility index (Phi) is 5.53. The van der Waals surface area contributed by atoms with E-state index in [9.17, 15) is 4.79 Å². The molecule has 3 aromatic rings. The van der Waals surface area contributed by atoms with Crippen LogP contribution >= 0.6 is 11.6 Å². The fraction of sp³-hybridized carbons (Fsp3) is 0.211. The van der Waals surface area contributed by atoms with Crippen LogP contribution < -0.4 is 10.1 Å². The van der Waals surface area contributed by atoms with Crippen LogP contribution in [0.3, 0.4) is 0 Å². The van der Waals surface area contributed by atoms with Crippen molar-refractivity contribution in [1.29, 1.82) is 0 Å². The predicted molar refractivity (Wildman–Crippen MR) is 102 cm³/mol. The number of methoxy groups -OCH3 is 1. The summed E-state index contributed by atoms with van der Waals surface area (Å²) in [5, 5.41) is 8.17. The van der Waals surface area contributed by atoms with E-state index in [1.807, 2.05) is 36.4 Å². The van der Waals surface area contributed by atoms with Gasteiger partial charge in [-0.1, -0.05) is 30.7 Å². The standard InChI is InChI=1S/C19H19ClN4O2/c1-3-17(25)24-19(21-12-13-4-10-16(26-2)11-5-13)22-18(23-24)14-6-8-15(20)9-7-14/h4-11H,3,12H2,1-2H3,(H,21,22,23). The first-order chi connectivity index (χ1) is 12.6. The highest BCUT2D eigenvalue weighted by molar-refractivity contribution is 6.30. The molecular weight excluding hydrogens is 352 g/mol. The first-order valence-corrected chi connectivity index (χ1v) is 8.61. The molecule has 0 saturated carbocycles. The normalized spacial score (nSPS) is 10.6. The summed E-state index contributed by atoms with van der Waals surface area (Å²) in [7, 11) is 1.63. The van der Waals surface area contributed by atoms with Crippen LogP contribution in [0.5, 0.6) is 5.75 Å². The maximum absolute atomic E-state index is 12.2. The lowest BCUT2D eigenvalue weighted by Crippen LogP contribution is -2.15. The Morgan fingerprint density at radius 2 is 1.85 bits per heavy atom. The van der Waals surface area contributed by atoms with Crippen LogP contribution in [0.15, 0.2) is 48.5 Å². The Morgan fingerprint density at radius 3 is 2.46 bits per heavy atom. The molecule has 0 aliphatic rings. The van der Waals surface area contributed by atoms with Crippen molar-refractivity contribution in [2.75, 3.05) is 12.4 Å². The zero-order valence-electron chi connectivity index (χ0n) is 14.6. The topological polar surface area (TPSA) is 69.0 Å². The quantitative estimate of drug-likeness (QED) is 0.701. The minimum Gasteiger partial charge on any atom is -0.497 e. The van der Waals surface area contributed by atoms with Crippen molar-refractivity contribution in [2.24, 2.45) is 0 Å². The number of aromatic nitrogens is 3. The lowest BCUT2D eigenvalue weighted by Gasteiger charge is -2.07. The third-order valence-electron chi connectivity index (χ3n) is 3.86. The SMILES string of the molecule is CCC(=O)n1nc(-c2ccc(Cl)cc2)nc1NCc1ccc(OC)cc1. The fourth-order valence-corrected chi connectivity index (χ4v) is 2.52. The Bertz CT molecular complexity index is 889. The first kappa shape index (κ1) is 17.9. The van der Waals surface area contributed by atoms with Crippen LogP contribution in [0.25, 0.3) is 11.4 Å². The lowest BCUT2D eigenvalue weighted by molar-refractivity contribution is 0.0895. The van der Waals surface area contributed by atoms with E-state index in [-0.39, 0.29) is 5.91 Å². The molecule has 3 rings (SSSR count). The first-order valence-electron chi connectivity index (χ1n) is 8.23. The molecule has 1 N–H and O–H groups in total. The number of nitrogens with one attached hydrogen (secondary N) is 1. The maximum Gasteiger partial charge on any atom is 0.249 e. The summed E-state index contributed by atoms with van der Waals surface area (Å²) in [4.78, 5) is 16.7. The van der Waals surface area contributed by atoms with E-state index in [1.165, 1.54) is 4.68 Å². The molecule has 6 nitrogen and oxygen atoms in total. The van der Waals surface area contributed by atoms with Crippen molar-refractivity contribution in [3.05, 3.63) is 59.1 Å². The molecule has 1 heterocycles. The summed E-state index contributed by atoms with van der Waals surface area (Å²) in [6.45, 7) is 2.30. The van der Waals surface area contributed by atoms with E-state index in [1.54, 1.807) is 26.2 Å². The van der Waals surface area contributed by atoms with E-state index in [4.69, 9.17) is 16.3 Å². The van der Waals surface area contributed by atoms with Crippen molar-refractivity contribution in [1.82, 2.24) is 14.8 Å². The van der Waals surface area contributed by atoms with Crippen LogP contribution in [0.2, 0.25) is 5.02 Å². The molecule has 7 heteroatoms. The van der Waals surface area contributed by atoms with Gasteiger partial charge < -0.3 is 10.1 Å². The van der Waals surface area contributed by atoms with Crippen LogP contribution in [-0.4, -0.2) is 27.8 Å². The molecule has 0 amide bonds. The Morgan fingerprint density at radius 1 is 1.15 bits per heavy atom. The number of hydrogen-bond donors (Lipinski definition) is 1. The van der Waals surface area contributed by atoms with Crippen LogP contribution in [0, 0.1) is 0 Å². The lowest BCUT2D eigenvalue weighted by atomic mass is 10.2. The third-order valence-corrected chi connectivity index (χ3v) is 4.11. The number of hydrogen-bond acceptors (Lipinski definition) is 5. The molecule has 0 saturated heterocycles. The van der Waals surface area contributed by atoms with Gasteiger partial charge in [-0.15, -0.1) is 5.10 Å². The minimum absolute atomic E-state index is 0.130. The fourth-order valence-electron chi connectivity index (χ4n) is 2.40. The molecule has 0 aliphatic heterocycles. The smallest absolute Gasteiger partial charge is 0.249 e. The van der Waals surface area contributed by atoms with Crippen LogP contribution in [-0.2, 0) is 6.54 Å². The predicted octanol–water partition coefficient (Wildman–Crippen LogP) is 4.27. The van der Waals surface area contributed by atoms with E-state index < -0.39 is 0 Å². The van der Waals surface area contributed by atoms with Gasteiger partial charge in [-0.2, -0.15) is 9.67 Å². The zero-order valence-corrected chi connectivity index (χ0v) is 15.3. The second kappa shape index (κ2) is 8.01. The van der Waals surface area contributed by atoms with Gasteiger partial charge in [0.05, 0.1) is 7.11 Å². The Hall–Kier alpha value is -2.86. The summed E-state index contributed by atoms with van der Waals surface area (Å²) in [6, 6.07) is 14.9. The number of nitrogens with zero attached hydrogens (tertiary/aromatic N) is 3. The van der Waals surface area contributed by atoms with Crippen molar-refractivity contribution in [3.8, 4) is 17.1 Å². The minimum atomic E-state index is -0.130. The number of carbonyl (C=O) groups is 1. The molecule has 0 radical (unpaired) electrons. The number of rotatable bonds is 6. The summed E-state index contributed by atoms with van der Waals surface area (Å²) in [5.74, 6) is 1.55. The number of carbonyl (C=O) groups excluding carboxylic acids is 1. The summed E-state index contributed by atoms with van der Waals surface area (Å²) >= 11 is 5.93. The third kappa shape index (κ3) is 4.03. The van der Waals surface area contributed by atoms with Gasteiger partial charge in [-0.3, -0.25) is 4.79 Å².